The van der Waals surface area contributed by atoms with Crippen LogP contribution < -0.4 is 0 Å². The van der Waals surface area contributed by atoms with E-state index in [-0.39, 0.29) is 48.4 Å². The number of hydrogen-bond donors (Lipinski definition) is 1. The number of ether oxygens (including phenoxy) is 2. The molecule has 0 aromatic carbocycles. The summed E-state index contributed by atoms with van der Waals surface area (Å²) in [7, 11) is -1.94. The molecule has 6 heteroatoms. The van der Waals surface area contributed by atoms with Gasteiger partial charge in [0.15, 0.2) is 8.32 Å². The fourth-order valence-corrected chi connectivity index (χ4v) is 3.59. The van der Waals surface area contributed by atoms with E-state index in [2.05, 4.69) is 40.4 Å². The Balaban J connectivity index is 0.00000200. The first-order valence-electron chi connectivity index (χ1n) is 6.75. The van der Waals surface area contributed by atoms with Gasteiger partial charge >= 0.3 is 0 Å². The van der Waals surface area contributed by atoms with Crippen molar-refractivity contribution in [1.29, 1.82) is 0 Å². The molecule has 2 heterocycles. The van der Waals surface area contributed by atoms with Crippen LogP contribution in [-0.4, -0.2) is 43.9 Å². The van der Waals surface area contributed by atoms with Crippen LogP contribution in [0.5, 0.6) is 0 Å². The third-order valence-electron chi connectivity index (χ3n) is 4.65. The van der Waals surface area contributed by atoms with Crippen LogP contribution in [0.3, 0.4) is 0 Å². The molecular formula is C14H25O4SiU-. The van der Waals surface area contributed by atoms with Crippen molar-refractivity contribution in [2.45, 2.75) is 62.8 Å². The van der Waals surface area contributed by atoms with Gasteiger partial charge in [0.2, 0.25) is 0 Å². The van der Waals surface area contributed by atoms with Gasteiger partial charge in [-0.3, -0.25) is 0 Å². The van der Waals surface area contributed by atoms with Gasteiger partial charge in [-0.15, -0.1) is 6.58 Å². The molecule has 2 saturated heterocycles. The molecule has 0 amide bonds. The van der Waals surface area contributed by atoms with Gasteiger partial charge < -0.3 is 19.0 Å². The number of fused-ring (bicyclic) bond motifs is 2. The van der Waals surface area contributed by atoms with Crippen molar-refractivity contribution in [3.05, 3.63) is 19.3 Å². The van der Waals surface area contributed by atoms with Crippen LogP contribution in [0.15, 0.2) is 12.7 Å². The van der Waals surface area contributed by atoms with Crippen LogP contribution in [0.25, 0.3) is 0 Å². The van der Waals surface area contributed by atoms with Gasteiger partial charge in [0, 0.05) is 31.1 Å². The number of hydrogen-bond acceptors (Lipinski definition) is 4. The van der Waals surface area contributed by atoms with Gasteiger partial charge in [-0.2, -0.15) is 6.61 Å². The molecule has 4 atom stereocenters. The Kier molecular flexibility index (Phi) is 5.82. The largest absolute Gasteiger partial charge is 0.539 e. The smallest absolute Gasteiger partial charge is 0.192 e. The van der Waals surface area contributed by atoms with Gasteiger partial charge in [0.25, 0.3) is 0 Å². The first-order chi connectivity index (χ1) is 8.64. The molecule has 0 radical (unpaired) electrons. The monoisotopic (exact) mass is 523 g/mol. The average Bonchev–Trinajstić information content (AvgIpc) is 2.82. The predicted molar refractivity (Wildman–Crippen MR) is 76.1 cm³/mol. The molecule has 20 heavy (non-hydrogen) atoms. The maximum absolute atomic E-state index is 10.2. The average molecular weight is 523 g/mol. The Morgan fingerprint density at radius 1 is 1.50 bits per heavy atom. The van der Waals surface area contributed by atoms with Crippen LogP contribution in [0.1, 0.15) is 20.8 Å². The molecule has 0 aliphatic carbocycles. The summed E-state index contributed by atoms with van der Waals surface area (Å²) in [4.78, 5) is 0. The molecule has 2 aliphatic heterocycles. The van der Waals surface area contributed by atoms with Crippen molar-refractivity contribution in [2.24, 2.45) is 0 Å². The first-order valence-corrected chi connectivity index (χ1v) is 9.66. The Labute approximate surface area is 146 Å². The first kappa shape index (κ1) is 18.9. The second kappa shape index (κ2) is 6.15. The molecule has 2 aliphatic rings. The molecule has 0 aromatic heterocycles. The molecule has 0 saturated carbocycles. The minimum Gasteiger partial charge on any atom is -0.539 e. The van der Waals surface area contributed by atoms with E-state index >= 15 is 0 Å². The fraction of sp³-hybridized carbons (Fsp3) is 0.786. The van der Waals surface area contributed by atoms with E-state index in [4.69, 9.17) is 13.9 Å². The standard InChI is InChI=1S/C14H25O4Si.U/c1-7-11(15)14-9-16-10(8-17-14)12(14)18-19(5,6)13(2,3)4;/h7-8,10-12,15H,1,9H2,2-6H3;/q-1;/t10-,11-,12-,14+;/m0./s1. The zero-order chi connectivity index (χ0) is 14.5. The Hall–Kier alpha value is 0.849. The van der Waals surface area contributed by atoms with Gasteiger partial charge in [0.1, 0.15) is 11.7 Å². The van der Waals surface area contributed by atoms with E-state index in [0.717, 1.165) is 0 Å². The topological polar surface area (TPSA) is 47.9 Å². The third-order valence-corrected chi connectivity index (χ3v) is 9.11. The minimum absolute atomic E-state index is 0. The van der Waals surface area contributed by atoms with Crippen molar-refractivity contribution < 1.29 is 50.1 Å². The fourth-order valence-electron chi connectivity index (χ4n) is 2.26. The van der Waals surface area contributed by atoms with E-state index < -0.39 is 20.0 Å². The quantitative estimate of drug-likeness (QED) is 0.349. The molecule has 1 N–H and O–H groups in total. The second-order valence-corrected chi connectivity index (χ2v) is 11.7. The SMILES string of the molecule is C=C[C@H](O)[C@@]12CO[C@@H]([CH-]O1)[C@@H]2O[Si](C)(C)C(C)(C)C.[U]. The van der Waals surface area contributed by atoms with Crippen LogP contribution in [0.4, 0.5) is 0 Å². The van der Waals surface area contributed by atoms with Gasteiger partial charge in [-0.1, -0.05) is 26.8 Å². The van der Waals surface area contributed by atoms with Crippen LogP contribution >= 0.6 is 0 Å². The van der Waals surface area contributed by atoms with Crippen LogP contribution in [-0.2, 0) is 13.9 Å². The second-order valence-electron chi connectivity index (χ2n) is 6.96. The van der Waals surface area contributed by atoms with Crippen LogP contribution in [0.2, 0.25) is 18.1 Å². The van der Waals surface area contributed by atoms with Crippen molar-refractivity contribution >= 4 is 8.32 Å². The summed E-state index contributed by atoms with van der Waals surface area (Å²) in [5.41, 5.74) is -0.818. The van der Waals surface area contributed by atoms with E-state index in [1.54, 1.807) is 6.61 Å². The molecule has 0 unspecified atom stereocenters. The summed E-state index contributed by atoms with van der Waals surface area (Å²) in [6.07, 6.45) is 0.267. The van der Waals surface area contributed by atoms with Crippen LogP contribution in [0, 0.1) is 37.7 Å². The summed E-state index contributed by atoms with van der Waals surface area (Å²) < 4.78 is 17.8. The van der Waals surface area contributed by atoms with Crippen molar-refractivity contribution in [1.82, 2.24) is 0 Å². The minimum atomic E-state index is -1.94. The molecule has 2 fully saturated rings. The van der Waals surface area contributed by atoms with Crippen molar-refractivity contribution in [2.75, 3.05) is 6.61 Å². The van der Waals surface area contributed by atoms with E-state index in [1.165, 1.54) is 6.08 Å². The zero-order valence-electron chi connectivity index (χ0n) is 13.0. The van der Waals surface area contributed by atoms with E-state index in [1.807, 2.05) is 0 Å². The maximum Gasteiger partial charge on any atom is 0.192 e. The zero-order valence-corrected chi connectivity index (χ0v) is 18.1. The Morgan fingerprint density at radius 3 is 2.50 bits per heavy atom. The third kappa shape index (κ3) is 2.99. The molecule has 4 nitrogen and oxygen atoms in total. The van der Waals surface area contributed by atoms with Gasteiger partial charge in [-0.05, 0) is 24.2 Å². The molecule has 2 bridgehead atoms. The Morgan fingerprint density at radius 2 is 2.10 bits per heavy atom. The van der Waals surface area contributed by atoms with E-state index in [9.17, 15) is 5.11 Å². The number of aliphatic hydroxyl groups excluding tert-OH is 1. The summed E-state index contributed by atoms with van der Waals surface area (Å²) in [5, 5.41) is 10.3. The normalized spacial score (nSPS) is 34.7. The summed E-state index contributed by atoms with van der Waals surface area (Å²) in [6.45, 7) is 16.6. The molecule has 2 rings (SSSR count). The van der Waals surface area contributed by atoms with Crippen molar-refractivity contribution in [3.8, 4) is 0 Å². The maximum atomic E-state index is 10.2. The molecule has 0 spiro atoms. The molecular weight excluding hydrogens is 498 g/mol. The van der Waals surface area contributed by atoms with E-state index in [0.29, 0.717) is 6.61 Å². The predicted octanol–water partition coefficient (Wildman–Crippen LogP) is 2.25. The summed E-state index contributed by atoms with van der Waals surface area (Å²) in [6, 6.07) is 0. The summed E-state index contributed by atoms with van der Waals surface area (Å²) in [5.74, 6) is 0. The number of aliphatic hydroxyl groups is 1. The van der Waals surface area contributed by atoms with Crippen molar-refractivity contribution in [3.63, 3.8) is 0 Å². The van der Waals surface area contributed by atoms with Gasteiger partial charge in [-0.25, -0.2) is 0 Å². The molecule has 0 aromatic rings. The molecule has 114 valence electrons. The Bertz CT molecular complexity index is 359. The van der Waals surface area contributed by atoms with Gasteiger partial charge in [0.05, 0.1) is 12.7 Å². The summed E-state index contributed by atoms with van der Waals surface area (Å²) >= 11 is 0. The number of rotatable bonds is 4.